The average molecular weight is 157 g/mol. The van der Waals surface area contributed by atoms with Crippen LogP contribution in [0.15, 0.2) is 16.7 Å². The highest BCUT2D eigenvalue weighted by Crippen LogP contribution is 2.14. The molecular weight excluding hydrogens is 154 g/mol. The number of carbonyl (C=O) groups is 1. The smallest absolute Gasteiger partial charge is 0.433 e. The molecule has 0 spiro atoms. The van der Waals surface area contributed by atoms with Gasteiger partial charge < -0.3 is 9.52 Å². The van der Waals surface area contributed by atoms with Gasteiger partial charge >= 0.3 is 11.9 Å². The van der Waals surface area contributed by atoms with Crippen molar-refractivity contribution in [1.29, 1.82) is 0 Å². The Morgan fingerprint density at radius 3 is 2.64 bits per heavy atom. The molecule has 0 amide bonds. The van der Waals surface area contributed by atoms with Crippen molar-refractivity contribution in [3.8, 4) is 0 Å². The molecule has 6 nitrogen and oxygen atoms in total. The molecule has 0 saturated carbocycles. The summed E-state index contributed by atoms with van der Waals surface area (Å²) < 4.78 is 4.31. The highest BCUT2D eigenvalue weighted by atomic mass is 16.6. The van der Waals surface area contributed by atoms with Gasteiger partial charge in [0.1, 0.15) is 16.7 Å². The number of aromatic carboxylic acids is 1. The number of nitrogens with zero attached hydrogens (tertiary/aromatic N) is 1. The van der Waals surface area contributed by atoms with Gasteiger partial charge in [-0.25, -0.2) is 4.79 Å². The third kappa shape index (κ3) is 1.34. The number of carboxylic acids is 1. The van der Waals surface area contributed by atoms with Gasteiger partial charge in [-0.3, -0.25) is 10.1 Å². The predicted molar refractivity (Wildman–Crippen MR) is 32.3 cm³/mol. The number of rotatable bonds is 2. The lowest BCUT2D eigenvalue weighted by atomic mass is 10.3. The molecule has 0 radical (unpaired) electrons. The summed E-state index contributed by atoms with van der Waals surface area (Å²) in [6, 6.07) is 0.850. The summed E-state index contributed by atoms with van der Waals surface area (Å²) in [6.45, 7) is 0. The van der Waals surface area contributed by atoms with E-state index in [1.807, 2.05) is 0 Å². The topological polar surface area (TPSA) is 93.6 Å². The molecule has 1 rings (SSSR count). The van der Waals surface area contributed by atoms with Gasteiger partial charge in [-0.15, -0.1) is 0 Å². The van der Waals surface area contributed by atoms with Gasteiger partial charge in [-0.2, -0.15) is 0 Å². The zero-order chi connectivity index (χ0) is 8.43. The van der Waals surface area contributed by atoms with E-state index < -0.39 is 16.8 Å². The average Bonchev–Trinajstić information content (AvgIpc) is 2.33. The lowest BCUT2D eigenvalue weighted by Crippen LogP contribution is -1.92. The standard InChI is InChI=1S/C5H3NO5/c7-5(8)3-1-4(6(9)10)11-2-3/h1-2H,(H,7,8). The first kappa shape index (κ1) is 7.26. The minimum atomic E-state index is -1.25. The zero-order valence-electron chi connectivity index (χ0n) is 5.18. The van der Waals surface area contributed by atoms with Crippen molar-refractivity contribution in [1.82, 2.24) is 0 Å². The second-order valence-electron chi connectivity index (χ2n) is 1.74. The Labute approximate surface area is 60.2 Å². The van der Waals surface area contributed by atoms with Crippen LogP contribution in [-0.4, -0.2) is 16.0 Å². The van der Waals surface area contributed by atoms with E-state index in [0.717, 1.165) is 12.3 Å². The van der Waals surface area contributed by atoms with E-state index in [-0.39, 0.29) is 5.56 Å². The number of hydrogen-bond acceptors (Lipinski definition) is 4. The molecule has 0 atom stereocenters. The van der Waals surface area contributed by atoms with Crippen LogP contribution in [0.5, 0.6) is 0 Å². The van der Waals surface area contributed by atoms with Crippen molar-refractivity contribution < 1.29 is 19.2 Å². The van der Waals surface area contributed by atoms with Crippen molar-refractivity contribution in [3.63, 3.8) is 0 Å². The zero-order valence-corrected chi connectivity index (χ0v) is 5.18. The monoisotopic (exact) mass is 157 g/mol. The largest absolute Gasteiger partial charge is 0.478 e. The fourth-order valence-corrected chi connectivity index (χ4v) is 0.533. The van der Waals surface area contributed by atoms with Crippen molar-refractivity contribution >= 4 is 11.9 Å². The molecule has 0 unspecified atom stereocenters. The molecule has 11 heavy (non-hydrogen) atoms. The summed E-state index contributed by atoms with van der Waals surface area (Å²) in [5.74, 6) is -1.82. The molecule has 0 aromatic carbocycles. The second kappa shape index (κ2) is 2.41. The Balaban J connectivity index is 2.99. The molecule has 0 aliphatic heterocycles. The Bertz CT molecular complexity index is 273. The van der Waals surface area contributed by atoms with E-state index in [9.17, 15) is 14.9 Å². The number of furan rings is 1. The van der Waals surface area contributed by atoms with Crippen LogP contribution >= 0.6 is 0 Å². The van der Waals surface area contributed by atoms with Crippen molar-refractivity contribution in [2.24, 2.45) is 0 Å². The summed E-state index contributed by atoms with van der Waals surface area (Å²) in [7, 11) is 0. The molecule has 1 heterocycles. The van der Waals surface area contributed by atoms with Gasteiger partial charge in [0.05, 0.1) is 6.07 Å². The Morgan fingerprint density at radius 1 is 1.73 bits per heavy atom. The van der Waals surface area contributed by atoms with Crippen LogP contribution in [0.2, 0.25) is 0 Å². The minimum absolute atomic E-state index is 0.225. The summed E-state index contributed by atoms with van der Waals surface area (Å²) in [5, 5.41) is 18.3. The van der Waals surface area contributed by atoms with E-state index in [0.29, 0.717) is 0 Å². The molecule has 1 aromatic rings. The number of nitro groups is 1. The van der Waals surface area contributed by atoms with E-state index in [1.165, 1.54) is 0 Å². The van der Waals surface area contributed by atoms with Gasteiger partial charge in [0.15, 0.2) is 0 Å². The second-order valence-corrected chi connectivity index (χ2v) is 1.74. The first-order valence-corrected chi connectivity index (χ1v) is 2.57. The molecule has 1 aromatic heterocycles. The van der Waals surface area contributed by atoms with E-state index >= 15 is 0 Å². The summed E-state index contributed by atoms with van der Waals surface area (Å²) in [5.41, 5.74) is -0.225. The lowest BCUT2D eigenvalue weighted by Gasteiger charge is -1.78. The molecular formula is C5H3NO5. The van der Waals surface area contributed by atoms with Gasteiger partial charge in [0.25, 0.3) is 0 Å². The molecule has 6 heteroatoms. The summed E-state index contributed by atoms with van der Waals surface area (Å²) in [4.78, 5) is 19.3. The lowest BCUT2D eigenvalue weighted by molar-refractivity contribution is -0.402. The van der Waals surface area contributed by atoms with Crippen molar-refractivity contribution in [3.05, 3.63) is 28.0 Å². The molecule has 0 aliphatic carbocycles. The van der Waals surface area contributed by atoms with Crippen LogP contribution in [0.1, 0.15) is 10.4 Å². The maximum atomic E-state index is 10.2. The van der Waals surface area contributed by atoms with Crippen molar-refractivity contribution in [2.75, 3.05) is 0 Å². The van der Waals surface area contributed by atoms with Gasteiger partial charge in [-0.1, -0.05) is 0 Å². The van der Waals surface area contributed by atoms with Crippen molar-refractivity contribution in [2.45, 2.75) is 0 Å². The third-order valence-electron chi connectivity index (χ3n) is 1.01. The number of hydrogen-bond donors (Lipinski definition) is 1. The maximum Gasteiger partial charge on any atom is 0.433 e. The highest BCUT2D eigenvalue weighted by Gasteiger charge is 2.15. The van der Waals surface area contributed by atoms with Crippen LogP contribution in [0, 0.1) is 10.1 Å². The quantitative estimate of drug-likeness (QED) is 0.508. The van der Waals surface area contributed by atoms with Gasteiger partial charge in [0.2, 0.25) is 0 Å². The van der Waals surface area contributed by atoms with Crippen LogP contribution < -0.4 is 0 Å². The van der Waals surface area contributed by atoms with E-state index in [2.05, 4.69) is 4.42 Å². The first-order valence-electron chi connectivity index (χ1n) is 2.57. The third-order valence-corrected chi connectivity index (χ3v) is 1.01. The van der Waals surface area contributed by atoms with Gasteiger partial charge in [0, 0.05) is 0 Å². The summed E-state index contributed by atoms with van der Waals surface area (Å²) in [6.07, 6.45) is 0.820. The Morgan fingerprint density at radius 2 is 2.36 bits per heavy atom. The molecule has 0 bridgehead atoms. The predicted octanol–water partition coefficient (Wildman–Crippen LogP) is 0.886. The maximum absolute atomic E-state index is 10.2. The number of carboxylic acid groups (broad SMARTS) is 1. The molecule has 0 fully saturated rings. The van der Waals surface area contributed by atoms with E-state index in [4.69, 9.17) is 5.11 Å². The van der Waals surface area contributed by atoms with Crippen LogP contribution in [0.3, 0.4) is 0 Å². The first-order chi connectivity index (χ1) is 5.11. The van der Waals surface area contributed by atoms with Crippen LogP contribution in [-0.2, 0) is 0 Å². The van der Waals surface area contributed by atoms with E-state index in [1.54, 1.807) is 0 Å². The van der Waals surface area contributed by atoms with Crippen LogP contribution in [0.25, 0.3) is 0 Å². The van der Waals surface area contributed by atoms with Crippen LogP contribution in [0.4, 0.5) is 5.88 Å². The molecule has 1 N–H and O–H groups in total. The molecule has 58 valence electrons. The fraction of sp³-hybridized carbons (Fsp3) is 0. The minimum Gasteiger partial charge on any atom is -0.478 e. The Hall–Kier alpha value is -1.85. The molecule has 0 saturated heterocycles. The molecule has 0 aliphatic rings. The Kier molecular flexibility index (Phi) is 1.59. The highest BCUT2D eigenvalue weighted by molar-refractivity contribution is 5.87. The summed E-state index contributed by atoms with van der Waals surface area (Å²) >= 11 is 0. The normalized spacial score (nSPS) is 9.45. The SMILES string of the molecule is O=C(O)c1coc([N+](=O)[O-])c1. The van der Waals surface area contributed by atoms with Gasteiger partial charge in [-0.05, 0) is 0 Å². The fourth-order valence-electron chi connectivity index (χ4n) is 0.533.